The Kier molecular flexibility index (Phi) is 8.10. The summed E-state index contributed by atoms with van der Waals surface area (Å²) in [6.07, 6.45) is -10.5. The van der Waals surface area contributed by atoms with Crippen LogP contribution >= 0.6 is 0 Å². The molecule has 2 N–H and O–H groups in total. The van der Waals surface area contributed by atoms with Crippen LogP contribution in [0.1, 0.15) is 46.0 Å². The Morgan fingerprint density at radius 2 is 1.71 bits per heavy atom. The average molecular weight is 601 g/mol. The highest BCUT2D eigenvalue weighted by atomic mass is 32.2. The number of nitrogens with zero attached hydrogens (tertiary/aromatic N) is 3. The van der Waals surface area contributed by atoms with E-state index in [1.54, 1.807) is 0 Å². The lowest BCUT2D eigenvalue weighted by atomic mass is 9.88. The molecule has 2 aromatic carbocycles. The fraction of sp³-hybridized carbons (Fsp3) is 0.269. The van der Waals surface area contributed by atoms with Crippen molar-refractivity contribution < 1.29 is 43.9 Å². The van der Waals surface area contributed by atoms with Crippen molar-refractivity contribution in [1.82, 2.24) is 10.2 Å². The first-order chi connectivity index (χ1) is 19.0. The highest BCUT2D eigenvalue weighted by molar-refractivity contribution is 7.88. The molecule has 1 unspecified atom stereocenters. The zero-order chi connectivity index (χ0) is 30.2. The Bertz CT molecular complexity index is 1640. The van der Waals surface area contributed by atoms with Crippen molar-refractivity contribution in [3.05, 3.63) is 88.0 Å². The fourth-order valence-corrected chi connectivity index (χ4v) is 4.97. The lowest BCUT2D eigenvalue weighted by Gasteiger charge is -2.26. The highest BCUT2D eigenvalue weighted by Gasteiger charge is 2.42. The largest absolute Gasteiger partial charge is 0.416 e. The third-order valence-electron chi connectivity index (χ3n) is 6.18. The van der Waals surface area contributed by atoms with Crippen LogP contribution in [0.5, 0.6) is 0 Å². The zero-order valence-corrected chi connectivity index (χ0v) is 21.5. The number of anilines is 1. The number of primary sulfonamides is 1. The molecule has 0 bridgehead atoms. The number of halogens is 7. The molecule has 4 rings (SSSR count). The number of fused-ring (bicyclic) bond motifs is 1. The molecule has 15 heteroatoms. The van der Waals surface area contributed by atoms with Gasteiger partial charge in [-0.05, 0) is 72.4 Å². The summed E-state index contributed by atoms with van der Waals surface area (Å²) in [5.41, 5.74) is -3.14. The number of aromatic nitrogens is 2. The molecule has 0 saturated heterocycles. The second-order valence-electron chi connectivity index (χ2n) is 9.11. The SMILES string of the molecule is NS(=O)(=O)Cc1ccc(C#CCN2C(=O)C(c3ccc(C(F)(F)F)cc3C(F)(F)F)CCc3cc(F)ccc32)nn1. The van der Waals surface area contributed by atoms with Gasteiger partial charge in [0.25, 0.3) is 0 Å². The summed E-state index contributed by atoms with van der Waals surface area (Å²) in [6.45, 7) is -0.392. The second-order valence-corrected chi connectivity index (χ2v) is 10.7. The Balaban J connectivity index is 1.71. The van der Waals surface area contributed by atoms with Gasteiger partial charge < -0.3 is 0 Å². The molecule has 0 aliphatic carbocycles. The van der Waals surface area contributed by atoms with Crippen LogP contribution in [-0.2, 0) is 39.3 Å². The second kappa shape index (κ2) is 11.1. The molecule has 1 atom stereocenters. The first-order valence-electron chi connectivity index (χ1n) is 11.7. The summed E-state index contributed by atoms with van der Waals surface area (Å²) in [6, 6.07) is 7.21. The summed E-state index contributed by atoms with van der Waals surface area (Å²) in [4.78, 5) is 14.7. The highest BCUT2D eigenvalue weighted by Crippen LogP contribution is 2.42. The molecule has 1 aliphatic rings. The van der Waals surface area contributed by atoms with Crippen LogP contribution in [-0.4, -0.2) is 31.1 Å². The number of hydrogen-bond donors (Lipinski definition) is 1. The van der Waals surface area contributed by atoms with Gasteiger partial charge in [0, 0.05) is 5.69 Å². The first kappa shape index (κ1) is 29.9. The van der Waals surface area contributed by atoms with Crippen molar-refractivity contribution in [2.24, 2.45) is 5.14 Å². The minimum atomic E-state index is -5.19. The van der Waals surface area contributed by atoms with Crippen molar-refractivity contribution in [2.75, 3.05) is 11.4 Å². The van der Waals surface area contributed by atoms with Gasteiger partial charge in [0.1, 0.15) is 17.3 Å². The molecule has 2 heterocycles. The van der Waals surface area contributed by atoms with E-state index in [1.807, 2.05) is 0 Å². The number of sulfonamides is 1. The van der Waals surface area contributed by atoms with Crippen molar-refractivity contribution in [3.63, 3.8) is 0 Å². The molecular formula is C26H19F7N4O3S. The molecule has 0 radical (unpaired) electrons. The minimum Gasteiger partial charge on any atom is -0.300 e. The van der Waals surface area contributed by atoms with Gasteiger partial charge >= 0.3 is 12.4 Å². The van der Waals surface area contributed by atoms with E-state index in [0.29, 0.717) is 17.7 Å². The molecule has 0 spiro atoms. The van der Waals surface area contributed by atoms with Crippen LogP contribution in [0.25, 0.3) is 0 Å². The van der Waals surface area contributed by atoms with Crippen LogP contribution in [0, 0.1) is 17.7 Å². The molecule has 1 aliphatic heterocycles. The van der Waals surface area contributed by atoms with Gasteiger partial charge in [0.15, 0.2) is 0 Å². The monoisotopic (exact) mass is 600 g/mol. The first-order valence-corrected chi connectivity index (χ1v) is 13.4. The molecular weight excluding hydrogens is 581 g/mol. The van der Waals surface area contributed by atoms with Crippen LogP contribution in [0.15, 0.2) is 48.5 Å². The standard InChI is InChI=1S/C26H19F7N4O3S/c27-17-5-10-23-15(12-17)3-8-21(20-9-4-16(25(28,29)30)13-22(20)26(31,32)33)24(38)37(23)11-1-2-18-6-7-19(36-35-18)14-41(34,39)40/h4-7,9-10,12-13,21H,3,8,11,14H2,(H2,34,39,40). The van der Waals surface area contributed by atoms with E-state index in [1.165, 1.54) is 18.2 Å². The summed E-state index contributed by atoms with van der Waals surface area (Å²) in [5.74, 6) is 1.65. The third kappa shape index (κ3) is 7.19. The molecule has 0 saturated carbocycles. The Hall–Kier alpha value is -4.03. The van der Waals surface area contributed by atoms with Gasteiger partial charge in [-0.1, -0.05) is 12.0 Å². The molecule has 7 nitrogen and oxygen atoms in total. The summed E-state index contributed by atoms with van der Waals surface area (Å²) >= 11 is 0. The van der Waals surface area contributed by atoms with E-state index >= 15 is 0 Å². The van der Waals surface area contributed by atoms with E-state index in [0.717, 1.165) is 17.0 Å². The minimum absolute atomic E-state index is 0.0251. The van der Waals surface area contributed by atoms with Crippen LogP contribution in [0.4, 0.5) is 36.4 Å². The van der Waals surface area contributed by atoms with Gasteiger partial charge in [-0.15, -0.1) is 5.10 Å². The number of benzene rings is 2. The van der Waals surface area contributed by atoms with Gasteiger partial charge in [0.05, 0.1) is 29.3 Å². The summed E-state index contributed by atoms with van der Waals surface area (Å²) in [7, 11) is -3.85. The van der Waals surface area contributed by atoms with Crippen LogP contribution < -0.4 is 10.0 Å². The van der Waals surface area contributed by atoms with E-state index < -0.39 is 69.0 Å². The van der Waals surface area contributed by atoms with Gasteiger partial charge in [0.2, 0.25) is 15.9 Å². The van der Waals surface area contributed by atoms with Crippen molar-refractivity contribution >= 4 is 21.6 Å². The van der Waals surface area contributed by atoms with Crippen LogP contribution in [0.2, 0.25) is 0 Å². The predicted molar refractivity (Wildman–Crippen MR) is 132 cm³/mol. The smallest absolute Gasteiger partial charge is 0.300 e. The molecule has 1 aromatic heterocycles. The van der Waals surface area contributed by atoms with Crippen LogP contribution in [0.3, 0.4) is 0 Å². The maximum Gasteiger partial charge on any atom is 0.416 e. The number of aryl methyl sites for hydroxylation is 1. The normalized spacial score (nSPS) is 16.0. The quantitative estimate of drug-likeness (QED) is 0.349. The Morgan fingerprint density at radius 3 is 2.32 bits per heavy atom. The van der Waals surface area contributed by atoms with Crippen molar-refractivity contribution in [1.29, 1.82) is 0 Å². The number of carbonyl (C=O) groups is 1. The third-order valence-corrected chi connectivity index (χ3v) is 6.88. The maximum absolute atomic E-state index is 14.0. The lowest BCUT2D eigenvalue weighted by molar-refractivity contribution is -0.143. The topological polar surface area (TPSA) is 106 Å². The lowest BCUT2D eigenvalue weighted by Crippen LogP contribution is -2.35. The number of rotatable bonds is 4. The number of nitrogens with two attached hydrogens (primary N) is 1. The molecule has 1 amide bonds. The molecule has 41 heavy (non-hydrogen) atoms. The fourth-order valence-electron chi connectivity index (χ4n) is 4.40. The number of hydrogen-bond acceptors (Lipinski definition) is 5. The maximum atomic E-state index is 14.0. The van der Waals surface area contributed by atoms with Gasteiger partial charge in [-0.3, -0.25) is 9.69 Å². The van der Waals surface area contributed by atoms with Crippen molar-refractivity contribution in [3.8, 4) is 11.8 Å². The predicted octanol–water partition coefficient (Wildman–Crippen LogP) is 4.56. The average Bonchev–Trinajstić information content (AvgIpc) is 2.99. The molecule has 0 fully saturated rings. The summed E-state index contributed by atoms with van der Waals surface area (Å²) in [5, 5.41) is 12.4. The number of amides is 1. The number of carbonyl (C=O) groups excluding carboxylic acids is 1. The zero-order valence-electron chi connectivity index (χ0n) is 20.7. The molecule has 3 aromatic rings. The van der Waals surface area contributed by atoms with Gasteiger partial charge in [-0.2, -0.15) is 31.4 Å². The Morgan fingerprint density at radius 1 is 0.976 bits per heavy atom. The van der Waals surface area contributed by atoms with E-state index in [9.17, 15) is 43.9 Å². The van der Waals surface area contributed by atoms with E-state index in [-0.39, 0.29) is 36.0 Å². The molecule has 216 valence electrons. The van der Waals surface area contributed by atoms with Gasteiger partial charge in [-0.25, -0.2) is 17.9 Å². The summed E-state index contributed by atoms with van der Waals surface area (Å²) < 4.78 is 118. The van der Waals surface area contributed by atoms with E-state index in [2.05, 4.69) is 22.0 Å². The van der Waals surface area contributed by atoms with Crippen molar-refractivity contribution in [2.45, 2.75) is 36.9 Å². The number of alkyl halides is 6. The van der Waals surface area contributed by atoms with E-state index in [4.69, 9.17) is 5.14 Å². The Labute approximate surface area is 229 Å².